The summed E-state index contributed by atoms with van der Waals surface area (Å²) in [6.45, 7) is 8.41. The lowest BCUT2D eigenvalue weighted by atomic mass is 9.69. The van der Waals surface area contributed by atoms with Crippen molar-refractivity contribution in [3.8, 4) is 11.5 Å². The number of imide groups is 1. The van der Waals surface area contributed by atoms with E-state index in [0.29, 0.717) is 35.6 Å². The smallest absolute Gasteiger partial charge is 0.262 e. The molecule has 0 aromatic heterocycles. The van der Waals surface area contributed by atoms with Crippen LogP contribution in [0.25, 0.3) is 0 Å². The number of hydrogen-bond donors (Lipinski definition) is 2. The summed E-state index contributed by atoms with van der Waals surface area (Å²) in [5, 5.41) is 12.9. The summed E-state index contributed by atoms with van der Waals surface area (Å²) >= 11 is 0. The molecule has 3 heterocycles. The topological polar surface area (TPSA) is 102 Å². The zero-order chi connectivity index (χ0) is 39.2. The van der Waals surface area contributed by atoms with Crippen molar-refractivity contribution in [2.75, 3.05) is 37.6 Å². The monoisotopic (exact) mass is 768 g/mol. The second-order valence-electron chi connectivity index (χ2n) is 16.5. The number of hydrogen-bond acceptors (Lipinski definition) is 7. The number of nitrogens with zero attached hydrogens (tertiary/aromatic N) is 3. The minimum Gasteiger partial charge on any atom is -0.508 e. The van der Waals surface area contributed by atoms with E-state index in [1.807, 2.05) is 36.4 Å². The van der Waals surface area contributed by atoms with Crippen LogP contribution in [0.2, 0.25) is 0 Å². The van der Waals surface area contributed by atoms with Crippen molar-refractivity contribution in [1.29, 1.82) is 0 Å². The van der Waals surface area contributed by atoms with E-state index in [9.17, 15) is 23.9 Å². The lowest BCUT2D eigenvalue weighted by Gasteiger charge is -2.39. The van der Waals surface area contributed by atoms with E-state index in [-0.39, 0.29) is 35.4 Å². The number of anilines is 1. The van der Waals surface area contributed by atoms with Crippen LogP contribution < -0.4 is 15.0 Å². The summed E-state index contributed by atoms with van der Waals surface area (Å²) < 4.78 is 20.4. The molecule has 9 nitrogen and oxygen atoms in total. The molecule has 0 bridgehead atoms. The minimum atomic E-state index is -0.809. The Kier molecular flexibility index (Phi) is 10.1. The van der Waals surface area contributed by atoms with Crippen LogP contribution in [0.1, 0.15) is 99.8 Å². The van der Waals surface area contributed by atoms with Crippen LogP contribution in [-0.4, -0.2) is 77.5 Å². The summed E-state index contributed by atoms with van der Waals surface area (Å²) in [6, 6.07) is 25.8. The number of benzene rings is 4. The van der Waals surface area contributed by atoms with Crippen molar-refractivity contribution in [1.82, 2.24) is 15.1 Å². The number of rotatable bonds is 8. The van der Waals surface area contributed by atoms with E-state index < -0.39 is 17.9 Å². The highest BCUT2D eigenvalue weighted by Gasteiger charge is 2.44. The van der Waals surface area contributed by atoms with Crippen molar-refractivity contribution < 1.29 is 28.6 Å². The molecule has 4 aromatic rings. The first-order chi connectivity index (χ1) is 27.7. The zero-order valence-corrected chi connectivity index (χ0v) is 32.2. The summed E-state index contributed by atoms with van der Waals surface area (Å²) in [4.78, 5) is 45.2. The third-order valence-electron chi connectivity index (χ3n) is 13.0. The summed E-state index contributed by atoms with van der Waals surface area (Å²) in [7, 11) is 0. The molecular weight excluding hydrogens is 720 g/mol. The van der Waals surface area contributed by atoms with E-state index in [0.717, 1.165) is 93.1 Å². The van der Waals surface area contributed by atoms with Crippen molar-refractivity contribution in [2.45, 2.75) is 75.3 Å². The van der Waals surface area contributed by atoms with Crippen LogP contribution in [0.3, 0.4) is 0 Å². The number of nitrogens with one attached hydrogen (secondary N) is 1. The fourth-order valence-corrected chi connectivity index (χ4v) is 9.96. The van der Waals surface area contributed by atoms with Crippen molar-refractivity contribution in [3.05, 3.63) is 136 Å². The van der Waals surface area contributed by atoms with E-state index in [2.05, 4.69) is 46.0 Å². The maximum Gasteiger partial charge on any atom is 0.262 e. The summed E-state index contributed by atoms with van der Waals surface area (Å²) in [5.41, 5.74) is 6.98. The van der Waals surface area contributed by atoms with Crippen LogP contribution in [0, 0.1) is 11.7 Å². The Morgan fingerprint density at radius 1 is 0.754 bits per heavy atom. The Labute approximate surface area is 333 Å². The predicted molar refractivity (Wildman–Crippen MR) is 216 cm³/mol. The fourth-order valence-electron chi connectivity index (χ4n) is 9.96. The average Bonchev–Trinajstić information content (AvgIpc) is 3.47. The SMILES string of the molecule is C=C1CCC(N2C(=O)c3ccc(N4CCN(CC5CCC(Oc6ccc([C@@H]7c8ccc(O)cc8CC[C@@H]7c7ccc(F)cc7)cc6)CC5)CC4)cc3C2=O)C(=O)N1. The quantitative estimate of drug-likeness (QED) is 0.179. The van der Waals surface area contributed by atoms with Gasteiger partial charge >= 0.3 is 0 Å². The Bertz CT molecular complexity index is 2190. The number of piperidine rings is 1. The molecule has 3 amide bonds. The number of amides is 3. The number of aromatic hydroxyl groups is 1. The molecule has 3 fully saturated rings. The minimum absolute atomic E-state index is 0.0965. The van der Waals surface area contributed by atoms with Crippen LogP contribution in [0.4, 0.5) is 10.1 Å². The number of halogens is 1. The van der Waals surface area contributed by atoms with Gasteiger partial charge in [-0.25, -0.2) is 4.39 Å². The molecule has 9 rings (SSSR count). The van der Waals surface area contributed by atoms with Gasteiger partial charge in [0.15, 0.2) is 0 Å². The molecule has 2 aliphatic carbocycles. The summed E-state index contributed by atoms with van der Waals surface area (Å²) in [5.74, 6) is 0.707. The molecular formula is C47H49FN4O5. The van der Waals surface area contributed by atoms with Gasteiger partial charge in [0, 0.05) is 50.0 Å². The molecule has 2 N–H and O–H groups in total. The molecule has 57 heavy (non-hydrogen) atoms. The Balaban J connectivity index is 0.767. The second kappa shape index (κ2) is 15.5. The van der Waals surface area contributed by atoms with Gasteiger partial charge in [0.05, 0.1) is 17.2 Å². The molecule has 0 radical (unpaired) electrons. The standard InChI is InChI=1S/C47H49FN4O5/c1-29-2-21-43(45(54)49-29)52-46(55)41-19-12-35(27-42(41)47(52)56)51-24-22-50(23-25-51)28-30-3-14-37(15-4-30)57-38-16-7-32(8-17-38)44-39(31-5-10-34(48)11-6-31)18-9-33-26-36(53)13-20-40(33)44/h5-8,10-13,16-17,19-20,26-27,30,37,39,43-44,53H,1-4,9,14-15,18,21-25,28H2,(H,49,54)/t30?,37?,39-,43?,44+/m1/s1. The number of phenols is 1. The lowest BCUT2D eigenvalue weighted by Crippen LogP contribution is -2.51. The number of fused-ring (bicyclic) bond motifs is 2. The first-order valence-corrected chi connectivity index (χ1v) is 20.5. The van der Waals surface area contributed by atoms with Gasteiger partial charge in [0.1, 0.15) is 23.4 Å². The largest absolute Gasteiger partial charge is 0.508 e. The van der Waals surface area contributed by atoms with E-state index >= 15 is 0 Å². The van der Waals surface area contributed by atoms with E-state index in [1.54, 1.807) is 24.3 Å². The van der Waals surface area contributed by atoms with Gasteiger partial charge < -0.3 is 20.1 Å². The highest BCUT2D eigenvalue weighted by atomic mass is 19.1. The molecule has 294 valence electrons. The van der Waals surface area contributed by atoms with E-state index in [4.69, 9.17) is 4.74 Å². The lowest BCUT2D eigenvalue weighted by molar-refractivity contribution is -0.125. The Hall–Kier alpha value is -5.48. The number of carbonyl (C=O) groups excluding carboxylic acids is 3. The third kappa shape index (κ3) is 7.43. The van der Waals surface area contributed by atoms with Crippen LogP contribution in [-0.2, 0) is 11.2 Å². The molecule has 1 unspecified atom stereocenters. The highest BCUT2D eigenvalue weighted by Crippen LogP contribution is 2.47. The fraction of sp³-hybridized carbons (Fsp3) is 0.383. The molecule has 0 spiro atoms. The number of carbonyl (C=O) groups is 3. The van der Waals surface area contributed by atoms with Crippen molar-refractivity contribution in [2.24, 2.45) is 5.92 Å². The maximum absolute atomic E-state index is 13.8. The Morgan fingerprint density at radius 3 is 2.21 bits per heavy atom. The third-order valence-corrected chi connectivity index (χ3v) is 13.0. The Morgan fingerprint density at radius 2 is 1.47 bits per heavy atom. The molecule has 1 saturated carbocycles. The first-order valence-electron chi connectivity index (χ1n) is 20.5. The normalized spacial score (nSPS) is 25.2. The van der Waals surface area contributed by atoms with Gasteiger partial charge in [-0.3, -0.25) is 24.2 Å². The van der Waals surface area contributed by atoms with Gasteiger partial charge in [0.2, 0.25) is 5.91 Å². The van der Waals surface area contributed by atoms with Gasteiger partial charge in [0.25, 0.3) is 11.8 Å². The number of phenolic OH excluding ortho intramolecular Hbond substituents is 1. The molecule has 5 aliphatic rings. The van der Waals surface area contributed by atoms with Crippen LogP contribution >= 0.6 is 0 Å². The number of ether oxygens (including phenoxy) is 1. The van der Waals surface area contributed by atoms with E-state index in [1.165, 1.54) is 16.7 Å². The maximum atomic E-state index is 13.8. The number of piperazine rings is 1. The molecule has 3 aliphatic heterocycles. The molecule has 4 aromatic carbocycles. The number of aryl methyl sites for hydroxylation is 1. The zero-order valence-electron chi connectivity index (χ0n) is 32.2. The van der Waals surface area contributed by atoms with Crippen molar-refractivity contribution >= 4 is 23.4 Å². The predicted octanol–water partition coefficient (Wildman–Crippen LogP) is 7.54. The summed E-state index contributed by atoms with van der Waals surface area (Å²) in [6.07, 6.45) is 7.20. The van der Waals surface area contributed by atoms with Gasteiger partial charge in [-0.1, -0.05) is 36.9 Å². The van der Waals surface area contributed by atoms with Gasteiger partial charge in [-0.2, -0.15) is 0 Å². The van der Waals surface area contributed by atoms with Crippen molar-refractivity contribution in [3.63, 3.8) is 0 Å². The van der Waals surface area contributed by atoms with Crippen LogP contribution in [0.5, 0.6) is 11.5 Å². The second-order valence-corrected chi connectivity index (χ2v) is 16.5. The average molecular weight is 769 g/mol. The van der Waals surface area contributed by atoms with Gasteiger partial charge in [-0.05, 0) is 140 Å². The highest BCUT2D eigenvalue weighted by molar-refractivity contribution is 6.23. The first kappa shape index (κ1) is 37.1. The van der Waals surface area contributed by atoms with Gasteiger partial charge in [-0.15, -0.1) is 0 Å². The molecule has 3 atom stereocenters. The van der Waals surface area contributed by atoms with Crippen LogP contribution in [0.15, 0.2) is 97.2 Å². The molecule has 2 saturated heterocycles. The number of allylic oxidation sites excluding steroid dienone is 1. The molecule has 10 heteroatoms.